The predicted molar refractivity (Wildman–Crippen MR) is 129 cm³/mol. The van der Waals surface area contributed by atoms with Crippen LogP contribution >= 0.6 is 0 Å². The first-order chi connectivity index (χ1) is 16.0. The first kappa shape index (κ1) is 24.2. The molecule has 0 saturated carbocycles. The monoisotopic (exact) mass is 456 g/mol. The van der Waals surface area contributed by atoms with E-state index in [1.165, 1.54) is 4.57 Å². The zero-order chi connectivity index (χ0) is 24.0. The maximum absolute atomic E-state index is 13.0. The summed E-state index contributed by atoms with van der Waals surface area (Å²) >= 11 is 0. The first-order valence-corrected chi connectivity index (χ1v) is 11.2. The molecule has 0 aliphatic carbocycles. The molecule has 3 rings (SSSR count). The highest BCUT2D eigenvalue weighted by Gasteiger charge is 2.17. The number of hydrogen-bond donors (Lipinski definition) is 1. The first-order valence-electron chi connectivity index (χ1n) is 11.2. The summed E-state index contributed by atoms with van der Waals surface area (Å²) in [5.41, 5.74) is 0.815. The van der Waals surface area contributed by atoms with E-state index in [4.69, 9.17) is 14.2 Å². The number of unbranched alkanes of at least 4 members (excludes halogenated alkanes) is 2. The molecule has 9 nitrogen and oxygen atoms in total. The largest absolute Gasteiger partial charge is 0.493 e. The average molecular weight is 457 g/mol. The normalized spacial score (nSPS) is 11.4. The van der Waals surface area contributed by atoms with Crippen LogP contribution in [0, 0.1) is 0 Å². The number of hydrogen-bond acceptors (Lipinski definition) is 6. The van der Waals surface area contributed by atoms with E-state index in [2.05, 4.69) is 16.9 Å². The van der Waals surface area contributed by atoms with Crippen LogP contribution in [0.1, 0.15) is 50.9 Å². The quantitative estimate of drug-likeness (QED) is 0.472. The maximum atomic E-state index is 13.0. The van der Waals surface area contributed by atoms with E-state index in [1.807, 2.05) is 19.1 Å². The van der Waals surface area contributed by atoms with Crippen molar-refractivity contribution in [2.24, 2.45) is 0 Å². The van der Waals surface area contributed by atoms with Crippen molar-refractivity contribution in [3.8, 4) is 17.2 Å². The van der Waals surface area contributed by atoms with Gasteiger partial charge in [0.1, 0.15) is 11.3 Å². The fraction of sp³-hybridized carbons (Fsp3) is 0.458. The third-order valence-corrected chi connectivity index (χ3v) is 5.51. The standard InChI is InChI=1S/C24H32N4O5/c1-6-8-14-27-22-19(23(29)28(24(27)30)15-9-7-2)25-18(26-22)13-11-16-10-12-17(31-3)21(33-5)20(16)32-4/h10-13H,6-9,14-15H2,1-5H3,(H,25,26)/b13-11+. The van der Waals surface area contributed by atoms with Crippen LogP contribution in [0.5, 0.6) is 17.2 Å². The van der Waals surface area contributed by atoms with Gasteiger partial charge in [0.25, 0.3) is 5.56 Å². The molecule has 0 unspecified atom stereocenters. The Hall–Kier alpha value is -3.49. The van der Waals surface area contributed by atoms with Crippen molar-refractivity contribution in [1.29, 1.82) is 0 Å². The van der Waals surface area contributed by atoms with Gasteiger partial charge in [-0.2, -0.15) is 0 Å². The van der Waals surface area contributed by atoms with Crippen LogP contribution in [0.3, 0.4) is 0 Å². The minimum absolute atomic E-state index is 0.307. The second-order valence-electron chi connectivity index (χ2n) is 7.68. The molecule has 2 heterocycles. The van der Waals surface area contributed by atoms with Crippen molar-refractivity contribution in [2.75, 3.05) is 21.3 Å². The van der Waals surface area contributed by atoms with Gasteiger partial charge >= 0.3 is 5.69 Å². The Morgan fingerprint density at radius 3 is 2.18 bits per heavy atom. The van der Waals surface area contributed by atoms with Crippen LogP contribution in [-0.4, -0.2) is 40.4 Å². The van der Waals surface area contributed by atoms with Gasteiger partial charge in [-0.1, -0.05) is 26.7 Å². The lowest BCUT2D eigenvalue weighted by Crippen LogP contribution is -2.40. The van der Waals surface area contributed by atoms with E-state index in [-0.39, 0.29) is 11.2 Å². The molecule has 0 fully saturated rings. The van der Waals surface area contributed by atoms with Crippen molar-refractivity contribution in [3.05, 3.63) is 44.4 Å². The number of ether oxygens (including phenoxy) is 3. The van der Waals surface area contributed by atoms with E-state index in [0.717, 1.165) is 31.2 Å². The molecule has 0 bridgehead atoms. The Labute approximate surface area is 192 Å². The molecule has 0 spiro atoms. The summed E-state index contributed by atoms with van der Waals surface area (Å²) in [7, 11) is 4.67. The highest BCUT2D eigenvalue weighted by atomic mass is 16.5. The van der Waals surface area contributed by atoms with Gasteiger partial charge in [-0.05, 0) is 37.1 Å². The van der Waals surface area contributed by atoms with Crippen molar-refractivity contribution in [2.45, 2.75) is 52.6 Å². The summed E-state index contributed by atoms with van der Waals surface area (Å²) in [5.74, 6) is 2.03. The molecule has 0 aliphatic heterocycles. The number of nitrogens with one attached hydrogen (secondary N) is 1. The van der Waals surface area contributed by atoms with Crippen molar-refractivity contribution < 1.29 is 14.2 Å². The van der Waals surface area contributed by atoms with E-state index < -0.39 is 0 Å². The number of H-pyrrole nitrogens is 1. The average Bonchev–Trinajstić information content (AvgIpc) is 3.26. The van der Waals surface area contributed by atoms with Gasteiger partial charge in [0, 0.05) is 18.7 Å². The van der Waals surface area contributed by atoms with Crippen LogP contribution in [0.25, 0.3) is 23.3 Å². The van der Waals surface area contributed by atoms with Crippen LogP contribution in [-0.2, 0) is 13.1 Å². The number of benzene rings is 1. The Kier molecular flexibility index (Phi) is 7.97. The molecule has 3 aromatic rings. The molecule has 0 amide bonds. The van der Waals surface area contributed by atoms with Gasteiger partial charge in [-0.3, -0.25) is 13.9 Å². The molecule has 1 N–H and O–H groups in total. The zero-order valence-electron chi connectivity index (χ0n) is 19.9. The lowest BCUT2D eigenvalue weighted by molar-refractivity contribution is 0.324. The molecule has 178 valence electrons. The van der Waals surface area contributed by atoms with Crippen LogP contribution in [0.4, 0.5) is 0 Å². The number of imidazole rings is 1. The predicted octanol–water partition coefficient (Wildman–Crippen LogP) is 3.68. The van der Waals surface area contributed by atoms with E-state index >= 15 is 0 Å². The van der Waals surface area contributed by atoms with Gasteiger partial charge in [0.15, 0.2) is 17.1 Å². The third kappa shape index (κ3) is 4.81. The minimum Gasteiger partial charge on any atom is -0.493 e. The number of aromatic nitrogens is 4. The smallest absolute Gasteiger partial charge is 0.332 e. The molecular formula is C24H32N4O5. The summed E-state index contributed by atoms with van der Waals surface area (Å²) in [6.07, 6.45) is 6.95. The fourth-order valence-electron chi connectivity index (χ4n) is 3.72. The highest BCUT2D eigenvalue weighted by Crippen LogP contribution is 2.40. The zero-order valence-corrected chi connectivity index (χ0v) is 19.9. The van der Waals surface area contributed by atoms with Crippen LogP contribution in [0.15, 0.2) is 21.7 Å². The molecule has 0 radical (unpaired) electrons. The molecule has 33 heavy (non-hydrogen) atoms. The molecule has 0 saturated heterocycles. The Morgan fingerprint density at radius 2 is 1.58 bits per heavy atom. The molecule has 9 heteroatoms. The molecule has 0 atom stereocenters. The Bertz CT molecular complexity index is 1250. The number of nitrogens with zero attached hydrogens (tertiary/aromatic N) is 3. The number of fused-ring (bicyclic) bond motifs is 1. The fourth-order valence-corrected chi connectivity index (χ4v) is 3.72. The van der Waals surface area contributed by atoms with E-state index in [9.17, 15) is 9.59 Å². The van der Waals surface area contributed by atoms with Crippen molar-refractivity contribution in [1.82, 2.24) is 19.1 Å². The Balaban J connectivity index is 2.10. The second-order valence-corrected chi connectivity index (χ2v) is 7.68. The Morgan fingerprint density at radius 1 is 0.909 bits per heavy atom. The van der Waals surface area contributed by atoms with E-state index in [0.29, 0.717) is 47.3 Å². The van der Waals surface area contributed by atoms with Gasteiger partial charge in [0.2, 0.25) is 5.75 Å². The number of methoxy groups -OCH3 is 3. The van der Waals surface area contributed by atoms with Crippen LogP contribution in [0.2, 0.25) is 0 Å². The number of rotatable bonds is 11. The van der Waals surface area contributed by atoms with Crippen molar-refractivity contribution >= 4 is 23.3 Å². The molecule has 0 aliphatic rings. The maximum Gasteiger partial charge on any atom is 0.332 e. The van der Waals surface area contributed by atoms with Gasteiger partial charge < -0.3 is 19.2 Å². The lowest BCUT2D eigenvalue weighted by atomic mass is 10.1. The highest BCUT2D eigenvalue weighted by molar-refractivity contribution is 5.78. The number of aryl methyl sites for hydroxylation is 1. The summed E-state index contributed by atoms with van der Waals surface area (Å²) in [5, 5.41) is 0. The third-order valence-electron chi connectivity index (χ3n) is 5.51. The second kappa shape index (κ2) is 10.9. The van der Waals surface area contributed by atoms with Crippen LogP contribution < -0.4 is 25.5 Å². The number of aromatic amines is 1. The topological polar surface area (TPSA) is 100 Å². The summed E-state index contributed by atoms with van der Waals surface area (Å²) in [6.45, 7) is 4.99. The van der Waals surface area contributed by atoms with Gasteiger partial charge in [-0.15, -0.1) is 0 Å². The van der Waals surface area contributed by atoms with Gasteiger partial charge in [-0.25, -0.2) is 9.78 Å². The molecule has 1 aromatic carbocycles. The lowest BCUT2D eigenvalue weighted by Gasteiger charge is -2.13. The van der Waals surface area contributed by atoms with Crippen molar-refractivity contribution in [3.63, 3.8) is 0 Å². The summed E-state index contributed by atoms with van der Waals surface area (Å²) in [4.78, 5) is 33.7. The van der Waals surface area contributed by atoms with Gasteiger partial charge in [0.05, 0.1) is 21.3 Å². The summed E-state index contributed by atoms with van der Waals surface area (Å²) in [6, 6.07) is 3.63. The van der Waals surface area contributed by atoms with E-state index in [1.54, 1.807) is 38.0 Å². The molecular weight excluding hydrogens is 424 g/mol. The SMILES string of the molecule is CCCCn1c(=O)c2[nH]c(/C=C/c3ccc(OC)c(OC)c3OC)nc2n(CCCC)c1=O. The summed E-state index contributed by atoms with van der Waals surface area (Å²) < 4.78 is 19.2. The minimum atomic E-state index is -0.341. The molecule has 2 aromatic heterocycles.